The van der Waals surface area contributed by atoms with Crippen LogP contribution in [-0.4, -0.2) is 30.7 Å². The standard InChI is InChI=1S/C23H22N4O3/c1-14-11-20(25-13-15-9-10-19(28-2)22(30-4)21(15)29-3)27-18-8-6-5-7-17(18)26-23(27)16(14)12-24/h5-11,25H,13H2,1-4H3. The van der Waals surface area contributed by atoms with Gasteiger partial charge in [0.2, 0.25) is 5.75 Å². The Morgan fingerprint density at radius 3 is 2.50 bits per heavy atom. The molecule has 152 valence electrons. The molecule has 0 atom stereocenters. The third-order valence-electron chi connectivity index (χ3n) is 5.13. The number of nitrogens with one attached hydrogen (secondary N) is 1. The van der Waals surface area contributed by atoms with Crippen molar-refractivity contribution in [3.8, 4) is 23.3 Å². The van der Waals surface area contributed by atoms with Gasteiger partial charge in [0.05, 0.1) is 37.9 Å². The maximum atomic E-state index is 9.65. The fraction of sp³-hybridized carbons (Fsp3) is 0.217. The van der Waals surface area contributed by atoms with Gasteiger partial charge in [0.25, 0.3) is 0 Å². The number of pyridine rings is 1. The van der Waals surface area contributed by atoms with Gasteiger partial charge in [-0.3, -0.25) is 4.40 Å². The number of ether oxygens (including phenoxy) is 3. The number of hydrogen-bond donors (Lipinski definition) is 1. The summed E-state index contributed by atoms with van der Waals surface area (Å²) in [6, 6.07) is 15.9. The zero-order valence-electron chi connectivity index (χ0n) is 17.3. The SMILES string of the molecule is COc1ccc(CNc2cc(C)c(C#N)c3nc4ccccc4n23)c(OC)c1OC. The van der Waals surface area contributed by atoms with Crippen molar-refractivity contribution < 1.29 is 14.2 Å². The van der Waals surface area contributed by atoms with Crippen LogP contribution in [0.1, 0.15) is 16.7 Å². The Morgan fingerprint density at radius 2 is 1.80 bits per heavy atom. The molecule has 0 fully saturated rings. The Morgan fingerprint density at radius 1 is 1.03 bits per heavy atom. The first-order valence-corrected chi connectivity index (χ1v) is 9.45. The number of nitrogens with zero attached hydrogens (tertiary/aromatic N) is 3. The second kappa shape index (κ2) is 7.84. The maximum absolute atomic E-state index is 9.65. The molecule has 0 aliphatic rings. The predicted molar refractivity (Wildman–Crippen MR) is 116 cm³/mol. The van der Waals surface area contributed by atoms with Crippen molar-refractivity contribution in [1.82, 2.24) is 9.38 Å². The number of methoxy groups -OCH3 is 3. The number of anilines is 1. The molecule has 2 aromatic carbocycles. The van der Waals surface area contributed by atoms with Gasteiger partial charge in [0.1, 0.15) is 11.9 Å². The quantitative estimate of drug-likeness (QED) is 0.518. The van der Waals surface area contributed by atoms with E-state index in [0.29, 0.717) is 35.0 Å². The Labute approximate surface area is 174 Å². The molecule has 0 saturated heterocycles. The molecule has 0 aliphatic carbocycles. The summed E-state index contributed by atoms with van der Waals surface area (Å²) in [5, 5.41) is 13.1. The van der Waals surface area contributed by atoms with E-state index in [9.17, 15) is 5.26 Å². The summed E-state index contributed by atoms with van der Waals surface area (Å²) in [5.41, 5.74) is 4.76. The maximum Gasteiger partial charge on any atom is 0.203 e. The van der Waals surface area contributed by atoms with Gasteiger partial charge in [-0.25, -0.2) is 4.98 Å². The Hall–Kier alpha value is -3.92. The lowest BCUT2D eigenvalue weighted by Gasteiger charge is -2.17. The molecule has 7 heteroatoms. The van der Waals surface area contributed by atoms with E-state index in [-0.39, 0.29) is 0 Å². The van der Waals surface area contributed by atoms with Crippen LogP contribution in [0.25, 0.3) is 16.7 Å². The summed E-state index contributed by atoms with van der Waals surface area (Å²) in [7, 11) is 4.78. The minimum absolute atomic E-state index is 0.483. The zero-order valence-corrected chi connectivity index (χ0v) is 17.3. The average Bonchev–Trinajstić information content (AvgIpc) is 3.16. The summed E-state index contributed by atoms with van der Waals surface area (Å²) in [4.78, 5) is 4.69. The minimum atomic E-state index is 0.483. The molecule has 0 saturated carbocycles. The molecule has 2 aromatic heterocycles. The summed E-state index contributed by atoms with van der Waals surface area (Å²) in [6.07, 6.45) is 0. The van der Waals surface area contributed by atoms with E-state index >= 15 is 0 Å². The molecule has 4 rings (SSSR count). The molecular weight excluding hydrogens is 380 g/mol. The minimum Gasteiger partial charge on any atom is -0.493 e. The van der Waals surface area contributed by atoms with Crippen LogP contribution in [0.3, 0.4) is 0 Å². The van der Waals surface area contributed by atoms with Gasteiger partial charge in [-0.2, -0.15) is 5.26 Å². The Kier molecular flexibility index (Phi) is 5.07. The van der Waals surface area contributed by atoms with E-state index in [4.69, 9.17) is 14.2 Å². The number of rotatable bonds is 6. The van der Waals surface area contributed by atoms with Crippen molar-refractivity contribution >= 4 is 22.5 Å². The number of benzene rings is 2. The molecule has 7 nitrogen and oxygen atoms in total. The Bertz CT molecular complexity index is 1290. The third-order valence-corrected chi connectivity index (χ3v) is 5.13. The van der Waals surface area contributed by atoms with Crippen LogP contribution in [0.4, 0.5) is 5.82 Å². The van der Waals surface area contributed by atoms with Crippen molar-refractivity contribution in [2.45, 2.75) is 13.5 Å². The van der Waals surface area contributed by atoms with Crippen LogP contribution >= 0.6 is 0 Å². The highest BCUT2D eigenvalue weighted by atomic mass is 16.5. The van der Waals surface area contributed by atoms with Crippen molar-refractivity contribution in [1.29, 1.82) is 5.26 Å². The molecule has 0 bridgehead atoms. The lowest BCUT2D eigenvalue weighted by Crippen LogP contribution is -2.08. The number of hydrogen-bond acceptors (Lipinski definition) is 6. The second-order valence-corrected chi connectivity index (χ2v) is 6.81. The molecule has 0 unspecified atom stereocenters. The van der Waals surface area contributed by atoms with Crippen LogP contribution in [-0.2, 0) is 6.54 Å². The fourth-order valence-corrected chi connectivity index (χ4v) is 3.71. The van der Waals surface area contributed by atoms with E-state index in [1.165, 1.54) is 0 Å². The van der Waals surface area contributed by atoms with Gasteiger partial charge in [-0.15, -0.1) is 0 Å². The largest absolute Gasteiger partial charge is 0.493 e. The summed E-state index contributed by atoms with van der Waals surface area (Å²) < 4.78 is 18.4. The number of fused-ring (bicyclic) bond motifs is 3. The van der Waals surface area contributed by atoms with Crippen molar-refractivity contribution in [2.24, 2.45) is 0 Å². The normalized spacial score (nSPS) is 10.8. The zero-order chi connectivity index (χ0) is 21.3. The fourth-order valence-electron chi connectivity index (χ4n) is 3.71. The molecule has 0 aliphatic heterocycles. The molecule has 0 radical (unpaired) electrons. The highest BCUT2D eigenvalue weighted by Crippen LogP contribution is 2.40. The lowest BCUT2D eigenvalue weighted by molar-refractivity contribution is 0.322. The average molecular weight is 402 g/mol. The first-order valence-electron chi connectivity index (χ1n) is 9.45. The number of aryl methyl sites for hydroxylation is 1. The van der Waals surface area contributed by atoms with Crippen LogP contribution in [0, 0.1) is 18.3 Å². The van der Waals surface area contributed by atoms with E-state index < -0.39 is 0 Å². The van der Waals surface area contributed by atoms with Gasteiger partial charge in [0.15, 0.2) is 17.1 Å². The second-order valence-electron chi connectivity index (χ2n) is 6.81. The summed E-state index contributed by atoms with van der Waals surface area (Å²) in [5.74, 6) is 2.61. The van der Waals surface area contributed by atoms with Gasteiger partial charge in [0, 0.05) is 12.1 Å². The van der Waals surface area contributed by atoms with Crippen LogP contribution in [0.15, 0.2) is 42.5 Å². The van der Waals surface area contributed by atoms with E-state index in [2.05, 4.69) is 16.4 Å². The lowest BCUT2D eigenvalue weighted by atomic mass is 10.1. The Balaban J connectivity index is 1.82. The van der Waals surface area contributed by atoms with E-state index in [1.807, 2.05) is 53.8 Å². The molecular formula is C23H22N4O3. The highest BCUT2D eigenvalue weighted by molar-refractivity contribution is 5.85. The van der Waals surface area contributed by atoms with Gasteiger partial charge in [-0.1, -0.05) is 12.1 Å². The first kappa shape index (κ1) is 19.4. The van der Waals surface area contributed by atoms with Crippen molar-refractivity contribution in [3.63, 3.8) is 0 Å². The van der Waals surface area contributed by atoms with E-state index in [0.717, 1.165) is 28.0 Å². The predicted octanol–water partition coefficient (Wildman–Crippen LogP) is 4.31. The van der Waals surface area contributed by atoms with Gasteiger partial charge in [-0.05, 0) is 42.8 Å². The smallest absolute Gasteiger partial charge is 0.203 e. The third kappa shape index (κ3) is 3.03. The molecule has 0 spiro atoms. The topological polar surface area (TPSA) is 80.8 Å². The van der Waals surface area contributed by atoms with Crippen molar-refractivity contribution in [3.05, 3.63) is 59.2 Å². The molecule has 30 heavy (non-hydrogen) atoms. The molecule has 0 amide bonds. The highest BCUT2D eigenvalue weighted by Gasteiger charge is 2.18. The molecule has 2 heterocycles. The summed E-state index contributed by atoms with van der Waals surface area (Å²) >= 11 is 0. The number of para-hydroxylation sites is 2. The van der Waals surface area contributed by atoms with Gasteiger partial charge < -0.3 is 19.5 Å². The molecule has 1 N–H and O–H groups in total. The number of imidazole rings is 1. The molecule has 4 aromatic rings. The van der Waals surface area contributed by atoms with Gasteiger partial charge >= 0.3 is 0 Å². The number of nitriles is 1. The van der Waals surface area contributed by atoms with Crippen LogP contribution in [0.5, 0.6) is 17.2 Å². The van der Waals surface area contributed by atoms with Crippen LogP contribution < -0.4 is 19.5 Å². The summed E-state index contributed by atoms with van der Waals surface area (Å²) in [6.45, 7) is 2.40. The number of aromatic nitrogens is 2. The van der Waals surface area contributed by atoms with Crippen LogP contribution in [0.2, 0.25) is 0 Å². The van der Waals surface area contributed by atoms with E-state index in [1.54, 1.807) is 21.3 Å². The van der Waals surface area contributed by atoms with Crippen molar-refractivity contribution in [2.75, 3.05) is 26.6 Å². The first-order chi connectivity index (χ1) is 14.6. The monoisotopic (exact) mass is 402 g/mol.